The number of ether oxygens (including phenoxy) is 1. The summed E-state index contributed by atoms with van der Waals surface area (Å²) in [6, 6.07) is 7.19. The number of benzene rings is 1. The van der Waals surface area contributed by atoms with Gasteiger partial charge in [0.15, 0.2) is 0 Å². The van der Waals surface area contributed by atoms with Crippen molar-refractivity contribution in [3.05, 3.63) is 34.9 Å². The fourth-order valence-electron chi connectivity index (χ4n) is 3.02. The second-order valence-corrected chi connectivity index (χ2v) is 6.31. The summed E-state index contributed by atoms with van der Waals surface area (Å²) in [6.45, 7) is 14.9. The van der Waals surface area contributed by atoms with Gasteiger partial charge in [0.05, 0.1) is 5.60 Å². The highest BCUT2D eigenvalue weighted by Crippen LogP contribution is 2.24. The second-order valence-electron chi connectivity index (χ2n) is 6.31. The highest BCUT2D eigenvalue weighted by atomic mass is 16.5. The van der Waals surface area contributed by atoms with Crippen LogP contribution in [-0.2, 0) is 11.2 Å². The summed E-state index contributed by atoms with van der Waals surface area (Å²) in [5, 5.41) is 3.71. The molecule has 0 aliphatic heterocycles. The molecule has 2 heteroatoms. The van der Waals surface area contributed by atoms with Crippen molar-refractivity contribution < 1.29 is 4.74 Å². The molecule has 2 unspecified atom stereocenters. The largest absolute Gasteiger partial charge is 0.374 e. The van der Waals surface area contributed by atoms with E-state index in [2.05, 4.69) is 65.1 Å². The van der Waals surface area contributed by atoms with E-state index in [1.807, 2.05) is 0 Å². The molecular weight excluding hydrogens is 258 g/mol. The predicted octanol–water partition coefficient (Wildman–Crippen LogP) is 4.42. The minimum Gasteiger partial charge on any atom is -0.374 e. The fraction of sp³-hybridized carbons (Fsp3) is 0.684. The average Bonchev–Trinajstić information content (AvgIpc) is 2.42. The molecule has 0 fully saturated rings. The third-order valence-electron chi connectivity index (χ3n) is 4.28. The molecule has 120 valence electrons. The van der Waals surface area contributed by atoms with Crippen molar-refractivity contribution in [3.8, 4) is 0 Å². The Morgan fingerprint density at radius 3 is 2.19 bits per heavy atom. The minimum absolute atomic E-state index is 0.110. The average molecular weight is 291 g/mol. The summed E-state index contributed by atoms with van der Waals surface area (Å²) < 4.78 is 6.11. The Morgan fingerprint density at radius 2 is 1.71 bits per heavy atom. The van der Waals surface area contributed by atoms with E-state index < -0.39 is 0 Å². The Hall–Kier alpha value is -0.860. The molecule has 0 saturated heterocycles. The van der Waals surface area contributed by atoms with Crippen LogP contribution in [0, 0.1) is 13.8 Å². The number of nitrogens with one attached hydrogen (secondary N) is 1. The zero-order valence-electron chi connectivity index (χ0n) is 14.8. The molecule has 0 amide bonds. The molecule has 0 aliphatic rings. The van der Waals surface area contributed by atoms with Gasteiger partial charge in [0.25, 0.3) is 0 Å². The molecule has 1 rings (SSSR count). The number of rotatable bonds is 9. The Labute approximate surface area is 131 Å². The van der Waals surface area contributed by atoms with E-state index in [0.29, 0.717) is 6.04 Å². The van der Waals surface area contributed by atoms with Crippen LogP contribution in [0.2, 0.25) is 0 Å². The molecule has 1 aromatic rings. The van der Waals surface area contributed by atoms with E-state index in [1.165, 1.54) is 16.7 Å². The summed E-state index contributed by atoms with van der Waals surface area (Å²) >= 11 is 0. The molecule has 0 radical (unpaired) electrons. The molecule has 0 aliphatic carbocycles. The van der Waals surface area contributed by atoms with Gasteiger partial charge in [-0.15, -0.1) is 0 Å². The van der Waals surface area contributed by atoms with Gasteiger partial charge in [-0.2, -0.15) is 0 Å². The first-order valence-electron chi connectivity index (χ1n) is 8.39. The maximum Gasteiger partial charge on any atom is 0.0807 e. The van der Waals surface area contributed by atoms with E-state index in [0.717, 1.165) is 32.4 Å². The maximum absolute atomic E-state index is 6.11. The zero-order chi connectivity index (χ0) is 15.9. The van der Waals surface area contributed by atoms with Crippen LogP contribution in [0.3, 0.4) is 0 Å². The Kier molecular flexibility index (Phi) is 7.41. The molecular formula is C19H33NO. The molecule has 1 aromatic carbocycles. The van der Waals surface area contributed by atoms with Crippen LogP contribution in [0.5, 0.6) is 0 Å². The highest BCUT2D eigenvalue weighted by Gasteiger charge is 2.32. The fourth-order valence-corrected chi connectivity index (χ4v) is 3.02. The van der Waals surface area contributed by atoms with Gasteiger partial charge in [-0.25, -0.2) is 0 Å². The molecule has 2 atom stereocenters. The molecule has 1 N–H and O–H groups in total. The SMILES string of the molecule is CCCNC(Cc1cc(C)cc(C)c1)C(C)(CC)OCC. The molecule has 0 heterocycles. The Bertz CT molecular complexity index is 409. The van der Waals surface area contributed by atoms with Crippen LogP contribution in [0.25, 0.3) is 0 Å². The smallest absolute Gasteiger partial charge is 0.0807 e. The van der Waals surface area contributed by atoms with Crippen LogP contribution in [0.15, 0.2) is 18.2 Å². The first kappa shape index (κ1) is 18.2. The minimum atomic E-state index is -0.110. The van der Waals surface area contributed by atoms with Crippen molar-refractivity contribution in [2.45, 2.75) is 72.4 Å². The van der Waals surface area contributed by atoms with Crippen molar-refractivity contribution in [3.63, 3.8) is 0 Å². The van der Waals surface area contributed by atoms with Crippen molar-refractivity contribution in [1.29, 1.82) is 0 Å². The Morgan fingerprint density at radius 1 is 1.10 bits per heavy atom. The summed E-state index contributed by atoms with van der Waals surface area (Å²) in [5.74, 6) is 0. The van der Waals surface area contributed by atoms with Gasteiger partial charge in [0.2, 0.25) is 0 Å². The second kappa shape index (κ2) is 8.55. The molecule has 0 bridgehead atoms. The summed E-state index contributed by atoms with van der Waals surface area (Å²) in [6.07, 6.45) is 3.19. The third-order valence-corrected chi connectivity index (χ3v) is 4.28. The molecule has 0 aromatic heterocycles. The summed E-state index contributed by atoms with van der Waals surface area (Å²) in [4.78, 5) is 0. The van der Waals surface area contributed by atoms with Crippen LogP contribution >= 0.6 is 0 Å². The molecule has 2 nitrogen and oxygen atoms in total. The van der Waals surface area contributed by atoms with E-state index in [1.54, 1.807) is 0 Å². The maximum atomic E-state index is 6.11. The van der Waals surface area contributed by atoms with Crippen molar-refractivity contribution in [2.75, 3.05) is 13.2 Å². The molecule has 0 spiro atoms. The zero-order valence-corrected chi connectivity index (χ0v) is 14.8. The van der Waals surface area contributed by atoms with Crippen LogP contribution < -0.4 is 5.32 Å². The number of hydrogen-bond acceptors (Lipinski definition) is 2. The lowest BCUT2D eigenvalue weighted by atomic mass is 9.87. The van der Waals surface area contributed by atoms with Gasteiger partial charge in [0, 0.05) is 12.6 Å². The van der Waals surface area contributed by atoms with Gasteiger partial charge < -0.3 is 10.1 Å². The lowest BCUT2D eigenvalue weighted by Gasteiger charge is -2.38. The Balaban J connectivity index is 2.95. The van der Waals surface area contributed by atoms with Crippen LogP contribution in [0.1, 0.15) is 57.2 Å². The first-order chi connectivity index (χ1) is 9.95. The third kappa shape index (κ3) is 5.44. The van der Waals surface area contributed by atoms with Gasteiger partial charge in [-0.05, 0) is 59.1 Å². The quantitative estimate of drug-likeness (QED) is 0.727. The molecule has 21 heavy (non-hydrogen) atoms. The summed E-state index contributed by atoms with van der Waals surface area (Å²) in [7, 11) is 0. The topological polar surface area (TPSA) is 21.3 Å². The highest BCUT2D eigenvalue weighted by molar-refractivity contribution is 5.29. The predicted molar refractivity (Wildman–Crippen MR) is 92.0 cm³/mol. The number of aryl methyl sites for hydroxylation is 2. The first-order valence-corrected chi connectivity index (χ1v) is 8.39. The van der Waals surface area contributed by atoms with Gasteiger partial charge in [-0.1, -0.05) is 43.2 Å². The van der Waals surface area contributed by atoms with Gasteiger partial charge >= 0.3 is 0 Å². The van der Waals surface area contributed by atoms with Crippen molar-refractivity contribution in [2.24, 2.45) is 0 Å². The van der Waals surface area contributed by atoms with E-state index >= 15 is 0 Å². The lowest BCUT2D eigenvalue weighted by Crippen LogP contribution is -2.51. The van der Waals surface area contributed by atoms with Gasteiger partial charge in [-0.3, -0.25) is 0 Å². The molecule has 0 saturated carbocycles. The van der Waals surface area contributed by atoms with Crippen LogP contribution in [0.4, 0.5) is 0 Å². The monoisotopic (exact) mass is 291 g/mol. The number of hydrogen-bond donors (Lipinski definition) is 1. The van der Waals surface area contributed by atoms with E-state index in [4.69, 9.17) is 4.74 Å². The standard InChI is InChI=1S/C19H33NO/c1-7-10-20-18(19(6,8-2)21-9-3)14-17-12-15(4)11-16(5)13-17/h11-13,18,20H,7-10,14H2,1-6H3. The van der Waals surface area contributed by atoms with Crippen molar-refractivity contribution >= 4 is 0 Å². The van der Waals surface area contributed by atoms with E-state index in [-0.39, 0.29) is 5.60 Å². The lowest BCUT2D eigenvalue weighted by molar-refractivity contribution is -0.0549. The van der Waals surface area contributed by atoms with Gasteiger partial charge in [0.1, 0.15) is 0 Å². The van der Waals surface area contributed by atoms with Crippen LogP contribution in [-0.4, -0.2) is 24.8 Å². The normalized spacial score (nSPS) is 15.7. The van der Waals surface area contributed by atoms with Crippen molar-refractivity contribution in [1.82, 2.24) is 5.32 Å². The summed E-state index contributed by atoms with van der Waals surface area (Å²) in [5.41, 5.74) is 3.98. The van der Waals surface area contributed by atoms with E-state index in [9.17, 15) is 0 Å².